The van der Waals surface area contributed by atoms with Crippen LogP contribution < -0.4 is 10.2 Å². The molecule has 0 radical (unpaired) electrons. The Morgan fingerprint density at radius 3 is 2.76 bits per heavy atom. The van der Waals surface area contributed by atoms with E-state index in [2.05, 4.69) is 36.3 Å². The van der Waals surface area contributed by atoms with Gasteiger partial charge in [0.25, 0.3) is 0 Å². The SMILES string of the molecule is CC(C)c1ccc(N2CC(C(=O)NCCc3nccs3)CC2=O)cc1. The molecule has 25 heavy (non-hydrogen) atoms. The van der Waals surface area contributed by atoms with Gasteiger partial charge in [0.15, 0.2) is 0 Å². The third-order valence-corrected chi connectivity index (χ3v) is 5.33. The van der Waals surface area contributed by atoms with Crippen molar-refractivity contribution < 1.29 is 9.59 Å². The van der Waals surface area contributed by atoms with Crippen LogP contribution in [0, 0.1) is 5.92 Å². The molecule has 1 saturated heterocycles. The predicted molar refractivity (Wildman–Crippen MR) is 99.8 cm³/mol. The number of nitrogens with zero attached hydrogens (tertiary/aromatic N) is 2. The molecule has 1 unspecified atom stereocenters. The molecule has 0 aliphatic carbocycles. The molecule has 1 aromatic carbocycles. The summed E-state index contributed by atoms with van der Waals surface area (Å²) in [6, 6.07) is 8.04. The first-order valence-corrected chi connectivity index (χ1v) is 9.49. The smallest absolute Gasteiger partial charge is 0.227 e. The van der Waals surface area contributed by atoms with Crippen molar-refractivity contribution in [3.63, 3.8) is 0 Å². The monoisotopic (exact) mass is 357 g/mol. The second kappa shape index (κ2) is 7.78. The molecule has 132 valence electrons. The van der Waals surface area contributed by atoms with E-state index in [1.165, 1.54) is 5.56 Å². The summed E-state index contributed by atoms with van der Waals surface area (Å²) in [7, 11) is 0. The number of rotatable bonds is 6. The average molecular weight is 357 g/mol. The van der Waals surface area contributed by atoms with E-state index < -0.39 is 0 Å². The fourth-order valence-electron chi connectivity index (χ4n) is 2.99. The lowest BCUT2D eigenvalue weighted by Gasteiger charge is -2.17. The Labute approximate surface area is 152 Å². The number of benzene rings is 1. The molecule has 2 amide bonds. The van der Waals surface area contributed by atoms with Crippen LogP contribution in [0.15, 0.2) is 35.8 Å². The van der Waals surface area contributed by atoms with Gasteiger partial charge in [0, 0.05) is 43.2 Å². The van der Waals surface area contributed by atoms with Gasteiger partial charge in [-0.15, -0.1) is 11.3 Å². The lowest BCUT2D eigenvalue weighted by atomic mass is 10.0. The van der Waals surface area contributed by atoms with Gasteiger partial charge in [-0.25, -0.2) is 4.98 Å². The van der Waals surface area contributed by atoms with Gasteiger partial charge in [-0.2, -0.15) is 0 Å². The lowest BCUT2D eigenvalue weighted by molar-refractivity contribution is -0.126. The zero-order valence-corrected chi connectivity index (χ0v) is 15.4. The van der Waals surface area contributed by atoms with Crippen LogP contribution >= 0.6 is 11.3 Å². The summed E-state index contributed by atoms with van der Waals surface area (Å²) in [4.78, 5) is 30.6. The summed E-state index contributed by atoms with van der Waals surface area (Å²) < 4.78 is 0. The summed E-state index contributed by atoms with van der Waals surface area (Å²) in [6.07, 6.45) is 2.76. The number of aromatic nitrogens is 1. The number of carbonyl (C=O) groups is 2. The number of anilines is 1. The number of nitrogens with one attached hydrogen (secondary N) is 1. The number of amides is 2. The Balaban J connectivity index is 1.55. The fourth-order valence-corrected chi connectivity index (χ4v) is 3.61. The van der Waals surface area contributed by atoms with Crippen molar-refractivity contribution >= 4 is 28.8 Å². The largest absolute Gasteiger partial charge is 0.355 e. The highest BCUT2D eigenvalue weighted by Gasteiger charge is 2.34. The van der Waals surface area contributed by atoms with Crippen LogP contribution in [0.25, 0.3) is 0 Å². The molecule has 0 spiro atoms. The van der Waals surface area contributed by atoms with Gasteiger partial charge in [-0.3, -0.25) is 9.59 Å². The zero-order valence-electron chi connectivity index (χ0n) is 14.6. The average Bonchev–Trinajstić information content (AvgIpc) is 3.24. The molecule has 1 N–H and O–H groups in total. The van der Waals surface area contributed by atoms with Crippen molar-refractivity contribution in [1.29, 1.82) is 0 Å². The summed E-state index contributed by atoms with van der Waals surface area (Å²) in [6.45, 7) is 5.28. The van der Waals surface area contributed by atoms with Crippen molar-refractivity contribution in [2.24, 2.45) is 5.92 Å². The number of hydrogen-bond acceptors (Lipinski definition) is 4. The number of carbonyl (C=O) groups excluding carboxylic acids is 2. The zero-order chi connectivity index (χ0) is 17.8. The maximum Gasteiger partial charge on any atom is 0.227 e. The van der Waals surface area contributed by atoms with E-state index in [1.807, 2.05) is 17.5 Å². The van der Waals surface area contributed by atoms with Crippen molar-refractivity contribution in [3.8, 4) is 0 Å². The van der Waals surface area contributed by atoms with Crippen LogP contribution in [0.2, 0.25) is 0 Å². The van der Waals surface area contributed by atoms with Crippen LogP contribution in [-0.4, -0.2) is 29.9 Å². The highest BCUT2D eigenvalue weighted by molar-refractivity contribution is 7.09. The summed E-state index contributed by atoms with van der Waals surface area (Å²) >= 11 is 1.58. The van der Waals surface area contributed by atoms with Gasteiger partial charge in [0.1, 0.15) is 0 Å². The van der Waals surface area contributed by atoms with E-state index in [1.54, 1.807) is 22.4 Å². The molecular weight excluding hydrogens is 334 g/mol. The maximum atomic E-state index is 12.3. The Morgan fingerprint density at radius 1 is 1.36 bits per heavy atom. The van der Waals surface area contributed by atoms with Crippen LogP contribution in [0.3, 0.4) is 0 Å². The normalized spacial score (nSPS) is 17.3. The molecule has 3 rings (SSSR count). The maximum absolute atomic E-state index is 12.3. The topological polar surface area (TPSA) is 62.3 Å². The minimum absolute atomic E-state index is 0.0115. The second-order valence-electron chi connectivity index (χ2n) is 6.62. The quantitative estimate of drug-likeness (QED) is 0.864. The Hall–Kier alpha value is -2.21. The first-order valence-electron chi connectivity index (χ1n) is 8.61. The van der Waals surface area contributed by atoms with Crippen molar-refractivity contribution in [2.45, 2.75) is 32.6 Å². The van der Waals surface area contributed by atoms with Gasteiger partial charge in [0.05, 0.1) is 10.9 Å². The van der Waals surface area contributed by atoms with Crippen LogP contribution in [0.4, 0.5) is 5.69 Å². The Bertz CT molecular complexity index is 726. The second-order valence-corrected chi connectivity index (χ2v) is 7.60. The molecule has 5 nitrogen and oxygen atoms in total. The first kappa shape index (κ1) is 17.6. The standard InChI is InChI=1S/C19H23N3O2S/c1-13(2)14-3-5-16(6-4-14)22-12-15(11-18(22)23)19(24)21-8-7-17-20-9-10-25-17/h3-6,9-10,13,15H,7-8,11-12H2,1-2H3,(H,21,24). The molecule has 2 heterocycles. The summed E-state index contributed by atoms with van der Waals surface area (Å²) in [5.74, 6) is 0.136. The Morgan fingerprint density at radius 2 is 2.12 bits per heavy atom. The van der Waals surface area contributed by atoms with E-state index in [0.717, 1.165) is 17.1 Å². The van der Waals surface area contributed by atoms with Crippen molar-refractivity contribution in [3.05, 3.63) is 46.4 Å². The molecule has 1 fully saturated rings. The van der Waals surface area contributed by atoms with Crippen LogP contribution in [0.5, 0.6) is 0 Å². The molecule has 0 saturated carbocycles. The number of hydrogen-bond donors (Lipinski definition) is 1. The summed E-state index contributed by atoms with van der Waals surface area (Å²) in [5, 5.41) is 5.86. The highest BCUT2D eigenvalue weighted by Crippen LogP contribution is 2.27. The van der Waals surface area contributed by atoms with E-state index in [-0.39, 0.29) is 24.2 Å². The van der Waals surface area contributed by atoms with Gasteiger partial charge >= 0.3 is 0 Å². The van der Waals surface area contributed by atoms with Gasteiger partial charge < -0.3 is 10.2 Å². The van der Waals surface area contributed by atoms with E-state index in [9.17, 15) is 9.59 Å². The number of thiazole rings is 1. The molecule has 1 atom stereocenters. The van der Waals surface area contributed by atoms with Crippen molar-refractivity contribution in [2.75, 3.05) is 18.0 Å². The molecule has 1 aliphatic rings. The van der Waals surface area contributed by atoms with E-state index in [4.69, 9.17) is 0 Å². The minimum Gasteiger partial charge on any atom is -0.355 e. The third kappa shape index (κ3) is 4.25. The molecule has 0 bridgehead atoms. The molecule has 1 aromatic heterocycles. The summed E-state index contributed by atoms with van der Waals surface area (Å²) in [5.41, 5.74) is 2.11. The molecule has 1 aliphatic heterocycles. The predicted octanol–water partition coefficient (Wildman–Crippen LogP) is 2.98. The third-order valence-electron chi connectivity index (χ3n) is 4.49. The van der Waals surface area contributed by atoms with Crippen LogP contribution in [0.1, 0.15) is 36.8 Å². The van der Waals surface area contributed by atoms with Gasteiger partial charge in [0.2, 0.25) is 11.8 Å². The van der Waals surface area contributed by atoms with Gasteiger partial charge in [-0.1, -0.05) is 26.0 Å². The minimum atomic E-state index is -0.284. The highest BCUT2D eigenvalue weighted by atomic mass is 32.1. The molecule has 6 heteroatoms. The first-order chi connectivity index (χ1) is 12.0. The van der Waals surface area contributed by atoms with Crippen LogP contribution in [-0.2, 0) is 16.0 Å². The fraction of sp³-hybridized carbons (Fsp3) is 0.421. The van der Waals surface area contributed by atoms with Crippen molar-refractivity contribution in [1.82, 2.24) is 10.3 Å². The van der Waals surface area contributed by atoms with Gasteiger partial charge in [-0.05, 0) is 23.6 Å². The van der Waals surface area contributed by atoms with E-state index in [0.29, 0.717) is 19.0 Å². The Kier molecular flexibility index (Phi) is 5.48. The molecule has 2 aromatic rings. The lowest BCUT2D eigenvalue weighted by Crippen LogP contribution is -2.34. The van der Waals surface area contributed by atoms with E-state index >= 15 is 0 Å². The molecular formula is C19H23N3O2S.